The van der Waals surface area contributed by atoms with Crippen LogP contribution < -0.4 is 9.47 Å². The zero-order valence-electron chi connectivity index (χ0n) is 21.4. The quantitative estimate of drug-likeness (QED) is 0.328. The normalized spacial score (nSPS) is 12.5. The number of rotatable bonds is 4. The van der Waals surface area contributed by atoms with Crippen molar-refractivity contribution in [1.29, 1.82) is 0 Å². The molecule has 5 rings (SSSR count). The van der Waals surface area contributed by atoms with Gasteiger partial charge >= 0.3 is 0 Å². The highest BCUT2D eigenvalue weighted by Gasteiger charge is 2.35. The van der Waals surface area contributed by atoms with Gasteiger partial charge in [-0.3, -0.25) is 9.89 Å². The highest BCUT2D eigenvalue weighted by molar-refractivity contribution is 6.34. The van der Waals surface area contributed by atoms with Crippen LogP contribution in [-0.2, 0) is 6.61 Å². The molecule has 0 radical (unpaired) electrons. The first-order valence-electron chi connectivity index (χ1n) is 11.7. The molecule has 1 amide bonds. The topological polar surface area (TPSA) is 85.3 Å². The fourth-order valence-corrected chi connectivity index (χ4v) is 4.88. The summed E-state index contributed by atoms with van der Waals surface area (Å²) in [7, 11) is 3.39. The second-order valence-corrected chi connectivity index (χ2v) is 10.9. The number of H-pyrrole nitrogens is 1. The number of halogens is 2. The van der Waals surface area contributed by atoms with Gasteiger partial charge in [0.25, 0.3) is 5.91 Å². The Morgan fingerprint density at radius 3 is 2.41 bits per heavy atom. The number of nitrogens with zero attached hydrogens (tertiary/aromatic N) is 4. The fraction of sp³-hybridized carbons (Fsp3) is 0.296. The lowest BCUT2D eigenvalue weighted by Crippen LogP contribution is -2.43. The Labute approximate surface area is 225 Å². The first kappa shape index (κ1) is 25.2. The van der Waals surface area contributed by atoms with E-state index in [9.17, 15) is 4.79 Å². The van der Waals surface area contributed by atoms with Crippen LogP contribution in [-0.4, -0.2) is 50.5 Å². The average Bonchev–Trinajstić information content (AvgIpc) is 3.44. The maximum atomic E-state index is 13.7. The van der Waals surface area contributed by atoms with Gasteiger partial charge in [0.15, 0.2) is 5.69 Å². The van der Waals surface area contributed by atoms with E-state index in [1.54, 1.807) is 48.1 Å². The maximum absolute atomic E-state index is 13.7. The molecule has 1 N–H and O–H groups in total. The molecule has 0 aliphatic carbocycles. The number of amides is 1. The third-order valence-electron chi connectivity index (χ3n) is 6.64. The molecule has 0 spiro atoms. The van der Waals surface area contributed by atoms with Crippen molar-refractivity contribution in [3.8, 4) is 39.6 Å². The van der Waals surface area contributed by atoms with Crippen molar-refractivity contribution in [3.05, 3.63) is 63.5 Å². The van der Waals surface area contributed by atoms with Crippen molar-refractivity contribution < 1.29 is 14.3 Å². The van der Waals surface area contributed by atoms with E-state index in [0.29, 0.717) is 38.5 Å². The van der Waals surface area contributed by atoms with Gasteiger partial charge in [0.05, 0.1) is 24.7 Å². The van der Waals surface area contributed by atoms with Crippen molar-refractivity contribution in [1.82, 2.24) is 24.9 Å². The Morgan fingerprint density at radius 2 is 1.81 bits per heavy atom. The number of aromatic amines is 1. The Balaban J connectivity index is 1.80. The fourth-order valence-electron chi connectivity index (χ4n) is 4.36. The molecule has 0 atom stereocenters. The number of benzene rings is 2. The molecule has 1 aliphatic heterocycles. The summed E-state index contributed by atoms with van der Waals surface area (Å²) in [5.74, 6) is 1.06. The molecule has 0 fully saturated rings. The zero-order valence-corrected chi connectivity index (χ0v) is 23.0. The monoisotopic (exact) mass is 539 g/mol. The minimum atomic E-state index is -0.403. The van der Waals surface area contributed by atoms with E-state index >= 15 is 0 Å². The molecule has 192 valence electrons. The SMILES string of the molecule is COc1cc2c(cc1-c1cn[nH]c1C)-c1c(c(C(=O)N(C)C(C)(C)C)nn1-c1cc(Cl)cc(Cl)c1)CO2. The van der Waals surface area contributed by atoms with Gasteiger partial charge in [-0.15, -0.1) is 0 Å². The van der Waals surface area contributed by atoms with Crippen LogP contribution in [0.1, 0.15) is 42.5 Å². The van der Waals surface area contributed by atoms with E-state index in [1.807, 2.05) is 39.8 Å². The van der Waals surface area contributed by atoms with E-state index in [0.717, 1.165) is 28.1 Å². The van der Waals surface area contributed by atoms with Gasteiger partial charge in [0, 0.05) is 56.6 Å². The molecule has 0 saturated heterocycles. The summed E-state index contributed by atoms with van der Waals surface area (Å²) < 4.78 is 13.6. The summed E-state index contributed by atoms with van der Waals surface area (Å²) >= 11 is 12.7. The van der Waals surface area contributed by atoms with Crippen LogP contribution >= 0.6 is 23.2 Å². The smallest absolute Gasteiger partial charge is 0.274 e. The van der Waals surface area contributed by atoms with Crippen molar-refractivity contribution in [2.45, 2.75) is 39.8 Å². The zero-order chi connectivity index (χ0) is 26.6. The number of aryl methyl sites for hydroxylation is 1. The maximum Gasteiger partial charge on any atom is 0.274 e. The number of hydrogen-bond donors (Lipinski definition) is 1. The molecule has 4 aromatic rings. The second-order valence-electron chi connectivity index (χ2n) is 10.00. The molecule has 2 aromatic heterocycles. The Kier molecular flexibility index (Phi) is 6.20. The number of methoxy groups -OCH3 is 1. The lowest BCUT2D eigenvalue weighted by atomic mass is 9.96. The number of carbonyl (C=O) groups excluding carboxylic acids is 1. The molecule has 0 saturated carbocycles. The highest BCUT2D eigenvalue weighted by atomic mass is 35.5. The van der Waals surface area contributed by atoms with Gasteiger partial charge in [-0.05, 0) is 52.0 Å². The Bertz CT molecular complexity index is 1510. The largest absolute Gasteiger partial charge is 0.496 e. The number of hydrogen-bond acceptors (Lipinski definition) is 5. The summed E-state index contributed by atoms with van der Waals surface area (Å²) in [4.78, 5) is 15.3. The molecular formula is C27H27Cl2N5O3. The minimum Gasteiger partial charge on any atom is -0.496 e. The number of fused-ring (bicyclic) bond motifs is 3. The van der Waals surface area contributed by atoms with Gasteiger partial charge in [0.1, 0.15) is 18.1 Å². The Hall–Kier alpha value is -3.49. The van der Waals surface area contributed by atoms with Crippen molar-refractivity contribution in [3.63, 3.8) is 0 Å². The van der Waals surface area contributed by atoms with Crippen LogP contribution in [0.5, 0.6) is 11.5 Å². The summed E-state index contributed by atoms with van der Waals surface area (Å²) in [5, 5.41) is 12.9. The van der Waals surface area contributed by atoms with E-state index in [4.69, 9.17) is 37.8 Å². The molecule has 37 heavy (non-hydrogen) atoms. The van der Waals surface area contributed by atoms with Gasteiger partial charge in [-0.2, -0.15) is 10.2 Å². The van der Waals surface area contributed by atoms with Gasteiger partial charge in [-0.25, -0.2) is 4.68 Å². The number of nitrogens with one attached hydrogen (secondary N) is 1. The Morgan fingerprint density at radius 1 is 1.11 bits per heavy atom. The van der Waals surface area contributed by atoms with Crippen LogP contribution in [0.2, 0.25) is 10.0 Å². The van der Waals surface area contributed by atoms with Crippen molar-refractivity contribution in [2.75, 3.05) is 14.2 Å². The van der Waals surface area contributed by atoms with Crippen LogP contribution in [0.15, 0.2) is 36.5 Å². The number of ether oxygens (including phenoxy) is 2. The van der Waals surface area contributed by atoms with Crippen LogP contribution in [0.25, 0.3) is 28.1 Å². The molecular weight excluding hydrogens is 513 g/mol. The molecule has 3 heterocycles. The van der Waals surface area contributed by atoms with Crippen LogP contribution in [0, 0.1) is 6.92 Å². The summed E-state index contributed by atoms with van der Waals surface area (Å²) in [5.41, 5.74) is 5.35. The molecule has 8 nitrogen and oxygen atoms in total. The molecule has 10 heteroatoms. The third-order valence-corrected chi connectivity index (χ3v) is 7.07. The minimum absolute atomic E-state index is 0.170. The van der Waals surface area contributed by atoms with E-state index < -0.39 is 5.54 Å². The van der Waals surface area contributed by atoms with Gasteiger partial charge < -0.3 is 14.4 Å². The number of carbonyl (C=O) groups is 1. The van der Waals surface area contributed by atoms with Crippen molar-refractivity contribution in [2.24, 2.45) is 0 Å². The predicted molar refractivity (Wildman–Crippen MR) is 144 cm³/mol. The average molecular weight is 540 g/mol. The molecule has 0 bridgehead atoms. The highest BCUT2D eigenvalue weighted by Crippen LogP contribution is 2.46. The van der Waals surface area contributed by atoms with Crippen LogP contribution in [0.3, 0.4) is 0 Å². The van der Waals surface area contributed by atoms with Crippen LogP contribution in [0.4, 0.5) is 0 Å². The first-order valence-corrected chi connectivity index (χ1v) is 12.5. The van der Waals surface area contributed by atoms with E-state index in [-0.39, 0.29) is 12.5 Å². The van der Waals surface area contributed by atoms with Gasteiger partial charge in [0.2, 0.25) is 0 Å². The first-order chi connectivity index (χ1) is 17.5. The lowest BCUT2D eigenvalue weighted by molar-refractivity contribution is 0.0646. The summed E-state index contributed by atoms with van der Waals surface area (Å²) in [6, 6.07) is 9.02. The lowest BCUT2D eigenvalue weighted by Gasteiger charge is -2.31. The molecule has 1 aliphatic rings. The van der Waals surface area contributed by atoms with Crippen molar-refractivity contribution >= 4 is 29.1 Å². The van der Waals surface area contributed by atoms with Gasteiger partial charge in [-0.1, -0.05) is 23.2 Å². The molecule has 2 aromatic carbocycles. The number of aromatic nitrogens is 4. The standard InChI is InChI=1S/C27H27Cl2N5O3/c1-14-20(12-30-31-14)18-10-19-23(11-22(18)36-6)37-13-21-24(26(35)33(5)27(2,3)4)32-34(25(19)21)17-8-15(28)7-16(29)9-17/h7-12H,13H2,1-6H3,(H,30,31). The second kappa shape index (κ2) is 9.11. The van der Waals surface area contributed by atoms with E-state index in [2.05, 4.69) is 10.2 Å². The summed E-state index contributed by atoms with van der Waals surface area (Å²) in [6.45, 7) is 8.04. The third kappa shape index (κ3) is 4.34. The predicted octanol–water partition coefficient (Wildman–Crippen LogP) is 6.32. The summed E-state index contributed by atoms with van der Waals surface area (Å²) in [6.07, 6.45) is 1.76. The van der Waals surface area contributed by atoms with E-state index in [1.165, 1.54) is 0 Å². The molecule has 0 unspecified atom stereocenters.